The van der Waals surface area contributed by atoms with Gasteiger partial charge in [0.2, 0.25) is 5.91 Å². The quantitative estimate of drug-likeness (QED) is 0.855. The molecule has 0 saturated carbocycles. The summed E-state index contributed by atoms with van der Waals surface area (Å²) < 4.78 is 5.35. The van der Waals surface area contributed by atoms with Crippen LogP contribution in [0.2, 0.25) is 0 Å². The fourth-order valence-corrected chi connectivity index (χ4v) is 5.19. The van der Waals surface area contributed by atoms with Crippen LogP contribution in [0.25, 0.3) is 0 Å². The van der Waals surface area contributed by atoms with Crippen molar-refractivity contribution >= 4 is 28.6 Å². The van der Waals surface area contributed by atoms with Gasteiger partial charge in [-0.05, 0) is 34.9 Å². The highest BCUT2D eigenvalue weighted by Gasteiger charge is 2.32. The fraction of sp³-hybridized carbons (Fsp3) is 0.471. The van der Waals surface area contributed by atoms with E-state index in [4.69, 9.17) is 4.74 Å². The smallest absolute Gasteiger partial charge is 0.236 e. The Balaban J connectivity index is 1.56. The van der Waals surface area contributed by atoms with Crippen LogP contribution in [0.5, 0.6) is 0 Å². The molecule has 0 bridgehead atoms. The van der Waals surface area contributed by atoms with Gasteiger partial charge in [0.05, 0.1) is 25.8 Å². The number of carbonyl (C=O) groups excluding carboxylic acids is 1. The normalized spacial score (nSPS) is 22.1. The van der Waals surface area contributed by atoms with Gasteiger partial charge in [-0.3, -0.25) is 9.69 Å². The molecule has 2 aromatic heterocycles. The van der Waals surface area contributed by atoms with Crippen molar-refractivity contribution in [1.29, 1.82) is 0 Å². The molecule has 4 heterocycles. The molecule has 1 saturated heterocycles. The standard InChI is InChI=1S/C17H20N2O2S2/c20-16(18-6-8-21-9-7-18)12-19-5-3-14-13(4-11-23-14)17(19)15-2-1-10-22-15/h1-2,4,10-11,17H,3,5-9,12H2/t17-/m0/s1. The Hall–Kier alpha value is -1.21. The number of carbonyl (C=O) groups is 1. The van der Waals surface area contributed by atoms with Crippen molar-refractivity contribution in [3.8, 4) is 0 Å². The maximum absolute atomic E-state index is 12.7. The maximum atomic E-state index is 12.7. The van der Waals surface area contributed by atoms with Gasteiger partial charge in [0, 0.05) is 29.4 Å². The van der Waals surface area contributed by atoms with E-state index in [0.29, 0.717) is 19.8 Å². The van der Waals surface area contributed by atoms with E-state index in [1.807, 2.05) is 16.2 Å². The third-order valence-corrected chi connectivity index (χ3v) is 6.50. The van der Waals surface area contributed by atoms with Crippen molar-refractivity contribution < 1.29 is 9.53 Å². The van der Waals surface area contributed by atoms with E-state index in [-0.39, 0.29) is 11.9 Å². The number of hydrogen-bond acceptors (Lipinski definition) is 5. The third-order valence-electron chi connectivity index (χ3n) is 4.58. The predicted molar refractivity (Wildman–Crippen MR) is 93.2 cm³/mol. The molecule has 2 aromatic rings. The number of hydrogen-bond donors (Lipinski definition) is 0. The first kappa shape index (κ1) is 15.3. The molecule has 0 spiro atoms. The highest BCUT2D eigenvalue weighted by molar-refractivity contribution is 7.10. The molecule has 0 aromatic carbocycles. The molecular formula is C17H20N2O2S2. The largest absolute Gasteiger partial charge is 0.378 e. The van der Waals surface area contributed by atoms with Crippen LogP contribution in [0.3, 0.4) is 0 Å². The van der Waals surface area contributed by atoms with E-state index in [1.54, 1.807) is 11.3 Å². The molecule has 2 aliphatic rings. The van der Waals surface area contributed by atoms with E-state index in [0.717, 1.165) is 26.1 Å². The maximum Gasteiger partial charge on any atom is 0.236 e. The number of nitrogens with zero attached hydrogens (tertiary/aromatic N) is 2. The summed E-state index contributed by atoms with van der Waals surface area (Å²) in [5.74, 6) is 0.230. The summed E-state index contributed by atoms with van der Waals surface area (Å²) in [4.78, 5) is 19.8. The van der Waals surface area contributed by atoms with Gasteiger partial charge < -0.3 is 9.64 Å². The Bertz CT molecular complexity index is 662. The Morgan fingerprint density at radius 2 is 2.04 bits per heavy atom. The molecule has 1 amide bonds. The zero-order valence-electron chi connectivity index (χ0n) is 12.9. The molecule has 2 aliphatic heterocycles. The van der Waals surface area contributed by atoms with Crippen LogP contribution in [0, 0.1) is 0 Å². The minimum Gasteiger partial charge on any atom is -0.378 e. The summed E-state index contributed by atoms with van der Waals surface area (Å²) in [6.45, 7) is 4.22. The summed E-state index contributed by atoms with van der Waals surface area (Å²) in [5, 5.41) is 4.30. The Labute approximate surface area is 144 Å². The summed E-state index contributed by atoms with van der Waals surface area (Å²) >= 11 is 3.62. The van der Waals surface area contributed by atoms with E-state index >= 15 is 0 Å². The van der Waals surface area contributed by atoms with Crippen LogP contribution in [-0.4, -0.2) is 55.1 Å². The summed E-state index contributed by atoms with van der Waals surface area (Å²) in [5.41, 5.74) is 1.39. The van der Waals surface area contributed by atoms with Crippen LogP contribution < -0.4 is 0 Å². The van der Waals surface area contributed by atoms with Gasteiger partial charge >= 0.3 is 0 Å². The molecule has 122 valence electrons. The number of amides is 1. The first-order valence-electron chi connectivity index (χ1n) is 8.02. The Kier molecular flexibility index (Phi) is 4.48. The van der Waals surface area contributed by atoms with Gasteiger partial charge in [0.1, 0.15) is 0 Å². The minimum atomic E-state index is 0.230. The second-order valence-electron chi connectivity index (χ2n) is 5.93. The second kappa shape index (κ2) is 6.73. The van der Waals surface area contributed by atoms with Gasteiger partial charge in [-0.2, -0.15) is 0 Å². The summed E-state index contributed by atoms with van der Waals surface area (Å²) in [6.07, 6.45) is 1.05. The van der Waals surface area contributed by atoms with Gasteiger partial charge in [-0.1, -0.05) is 6.07 Å². The number of fused-ring (bicyclic) bond motifs is 1. The molecule has 6 heteroatoms. The number of rotatable bonds is 3. The van der Waals surface area contributed by atoms with Crippen LogP contribution in [0.15, 0.2) is 29.0 Å². The van der Waals surface area contributed by atoms with Crippen molar-refractivity contribution in [1.82, 2.24) is 9.80 Å². The minimum absolute atomic E-state index is 0.230. The van der Waals surface area contributed by atoms with E-state index in [2.05, 4.69) is 33.9 Å². The molecule has 4 rings (SSSR count). The van der Waals surface area contributed by atoms with Crippen LogP contribution >= 0.6 is 22.7 Å². The van der Waals surface area contributed by atoms with Crippen LogP contribution in [0.4, 0.5) is 0 Å². The molecular weight excluding hydrogens is 328 g/mol. The molecule has 1 atom stereocenters. The highest BCUT2D eigenvalue weighted by atomic mass is 32.1. The lowest BCUT2D eigenvalue weighted by atomic mass is 9.98. The predicted octanol–water partition coefficient (Wildman–Crippen LogP) is 2.62. The van der Waals surface area contributed by atoms with Crippen LogP contribution in [0.1, 0.15) is 21.4 Å². The topological polar surface area (TPSA) is 32.8 Å². The van der Waals surface area contributed by atoms with E-state index < -0.39 is 0 Å². The zero-order valence-corrected chi connectivity index (χ0v) is 14.6. The van der Waals surface area contributed by atoms with Gasteiger partial charge in [-0.15, -0.1) is 22.7 Å². The van der Waals surface area contributed by atoms with Crippen molar-refractivity contribution in [2.75, 3.05) is 39.4 Å². The first-order valence-corrected chi connectivity index (χ1v) is 9.78. The number of morpholine rings is 1. The molecule has 23 heavy (non-hydrogen) atoms. The Morgan fingerprint density at radius 3 is 2.83 bits per heavy atom. The van der Waals surface area contributed by atoms with Crippen molar-refractivity contribution in [2.45, 2.75) is 12.5 Å². The molecule has 0 unspecified atom stereocenters. The van der Waals surface area contributed by atoms with E-state index in [1.165, 1.54) is 15.3 Å². The van der Waals surface area contributed by atoms with Gasteiger partial charge in [0.15, 0.2) is 0 Å². The molecule has 0 aliphatic carbocycles. The zero-order chi connectivity index (χ0) is 15.6. The summed E-state index contributed by atoms with van der Waals surface area (Å²) in [7, 11) is 0. The number of thiophene rings is 2. The molecule has 1 fully saturated rings. The Morgan fingerprint density at radius 1 is 1.17 bits per heavy atom. The molecule has 0 radical (unpaired) electrons. The van der Waals surface area contributed by atoms with Crippen LogP contribution in [-0.2, 0) is 16.0 Å². The van der Waals surface area contributed by atoms with Gasteiger partial charge in [-0.25, -0.2) is 0 Å². The monoisotopic (exact) mass is 348 g/mol. The van der Waals surface area contributed by atoms with Crippen molar-refractivity contribution in [2.24, 2.45) is 0 Å². The summed E-state index contributed by atoms with van der Waals surface area (Å²) in [6, 6.07) is 6.75. The number of ether oxygens (including phenoxy) is 1. The average molecular weight is 348 g/mol. The fourth-order valence-electron chi connectivity index (χ4n) is 3.41. The van der Waals surface area contributed by atoms with Crippen molar-refractivity contribution in [3.63, 3.8) is 0 Å². The van der Waals surface area contributed by atoms with Gasteiger partial charge in [0.25, 0.3) is 0 Å². The van der Waals surface area contributed by atoms with Crippen molar-refractivity contribution in [3.05, 3.63) is 44.3 Å². The molecule has 0 N–H and O–H groups in total. The third kappa shape index (κ3) is 3.08. The lowest BCUT2D eigenvalue weighted by Crippen LogP contribution is -2.47. The first-order chi connectivity index (χ1) is 11.3. The SMILES string of the molecule is O=C(CN1CCc2sccc2[C@H]1c1cccs1)N1CCOCC1. The van der Waals surface area contributed by atoms with E-state index in [9.17, 15) is 4.79 Å². The lowest BCUT2D eigenvalue weighted by Gasteiger charge is -2.37. The highest BCUT2D eigenvalue weighted by Crippen LogP contribution is 2.39. The average Bonchev–Trinajstić information content (AvgIpc) is 3.27. The molecule has 4 nitrogen and oxygen atoms in total. The second-order valence-corrected chi connectivity index (χ2v) is 7.91. The lowest BCUT2D eigenvalue weighted by molar-refractivity contribution is -0.137.